The van der Waals surface area contributed by atoms with Gasteiger partial charge in [-0.3, -0.25) is 4.79 Å². The normalized spacial score (nSPS) is 10.8. The summed E-state index contributed by atoms with van der Waals surface area (Å²) < 4.78 is 1.61. The average molecular weight is 271 g/mol. The number of pyridine rings is 2. The predicted octanol–water partition coefficient (Wildman–Crippen LogP) is 3.10. The quantitative estimate of drug-likeness (QED) is 0.671. The van der Waals surface area contributed by atoms with Crippen LogP contribution in [0.5, 0.6) is 0 Å². The highest BCUT2D eigenvalue weighted by Crippen LogP contribution is 2.20. The van der Waals surface area contributed by atoms with E-state index < -0.39 is 0 Å². The lowest BCUT2D eigenvalue weighted by Gasteiger charge is -2.08. The number of nitrogens with zero attached hydrogens (tertiary/aromatic N) is 2. The number of fused-ring (bicyclic) bond motifs is 1. The number of halogens is 1. The zero-order valence-electron chi connectivity index (χ0n) is 10.1. The Morgan fingerprint density at radius 1 is 1.11 bits per heavy atom. The van der Waals surface area contributed by atoms with Gasteiger partial charge in [0.1, 0.15) is 5.15 Å². The lowest BCUT2D eigenvalue weighted by Crippen LogP contribution is -2.18. The Kier molecular flexibility index (Phi) is 3.05. The maximum Gasteiger partial charge on any atom is 0.250 e. The highest BCUT2D eigenvalue weighted by molar-refractivity contribution is 6.30. The van der Waals surface area contributed by atoms with Crippen LogP contribution in [0.3, 0.4) is 0 Å². The number of benzene rings is 1. The van der Waals surface area contributed by atoms with Gasteiger partial charge in [0.25, 0.3) is 5.56 Å². The maximum absolute atomic E-state index is 11.7. The third-order valence-electron chi connectivity index (χ3n) is 2.99. The van der Waals surface area contributed by atoms with Gasteiger partial charge in [-0.1, -0.05) is 35.9 Å². The molecule has 0 aliphatic rings. The zero-order chi connectivity index (χ0) is 13.2. The second kappa shape index (κ2) is 4.86. The maximum atomic E-state index is 11.7. The molecule has 0 spiro atoms. The van der Waals surface area contributed by atoms with Crippen LogP contribution in [0, 0.1) is 0 Å². The molecule has 0 saturated heterocycles. The molecule has 0 aliphatic carbocycles. The van der Waals surface area contributed by atoms with E-state index in [1.807, 2.05) is 36.4 Å². The fourth-order valence-electron chi connectivity index (χ4n) is 2.02. The van der Waals surface area contributed by atoms with E-state index >= 15 is 0 Å². The molecule has 0 atom stereocenters. The fourth-order valence-corrected chi connectivity index (χ4v) is 2.23. The highest BCUT2D eigenvalue weighted by Gasteiger charge is 2.06. The molecule has 0 saturated carbocycles. The minimum atomic E-state index is -0.0493. The first kappa shape index (κ1) is 11.9. The minimum Gasteiger partial charge on any atom is -0.311 e. The van der Waals surface area contributed by atoms with E-state index in [2.05, 4.69) is 4.98 Å². The largest absolute Gasteiger partial charge is 0.311 e. The molecule has 0 radical (unpaired) electrons. The van der Waals surface area contributed by atoms with E-state index in [-0.39, 0.29) is 5.56 Å². The van der Waals surface area contributed by atoms with Gasteiger partial charge in [0.05, 0.1) is 12.1 Å². The molecule has 19 heavy (non-hydrogen) atoms. The molecule has 2 heterocycles. The minimum absolute atomic E-state index is 0.0493. The smallest absolute Gasteiger partial charge is 0.250 e. The fraction of sp³-hybridized carbons (Fsp3) is 0.0667. The highest BCUT2D eigenvalue weighted by atomic mass is 35.5. The standard InChI is InChI=1S/C15H11ClN2O/c16-15-12(10-18-8-4-3-7-14(18)19)9-11-5-1-2-6-13(11)17-15/h1-9H,10H2. The van der Waals surface area contributed by atoms with Gasteiger partial charge in [0, 0.05) is 23.2 Å². The van der Waals surface area contributed by atoms with E-state index in [0.717, 1.165) is 16.5 Å². The Morgan fingerprint density at radius 2 is 1.89 bits per heavy atom. The van der Waals surface area contributed by atoms with Gasteiger partial charge in [-0.2, -0.15) is 0 Å². The molecule has 0 fully saturated rings. The van der Waals surface area contributed by atoms with Gasteiger partial charge in [0.2, 0.25) is 0 Å². The molecule has 0 N–H and O–H groups in total. The van der Waals surface area contributed by atoms with Crippen molar-refractivity contribution in [1.29, 1.82) is 0 Å². The topological polar surface area (TPSA) is 34.9 Å². The van der Waals surface area contributed by atoms with Crippen molar-refractivity contribution in [3.63, 3.8) is 0 Å². The Labute approximate surface area is 115 Å². The summed E-state index contributed by atoms with van der Waals surface area (Å²) in [5.41, 5.74) is 1.65. The van der Waals surface area contributed by atoms with Crippen molar-refractivity contribution in [2.45, 2.75) is 6.54 Å². The van der Waals surface area contributed by atoms with Crippen molar-refractivity contribution in [2.24, 2.45) is 0 Å². The van der Waals surface area contributed by atoms with Crippen LogP contribution < -0.4 is 5.56 Å². The molecule has 3 nitrogen and oxygen atoms in total. The van der Waals surface area contributed by atoms with Crippen LogP contribution in [0.25, 0.3) is 10.9 Å². The van der Waals surface area contributed by atoms with Gasteiger partial charge in [0.15, 0.2) is 0 Å². The number of hydrogen-bond acceptors (Lipinski definition) is 2. The molecule has 1 aromatic carbocycles. The molecule has 94 valence electrons. The first-order valence-corrected chi connectivity index (χ1v) is 6.31. The van der Waals surface area contributed by atoms with Crippen LogP contribution in [0.2, 0.25) is 5.15 Å². The summed E-state index contributed by atoms with van der Waals surface area (Å²) in [4.78, 5) is 16.0. The van der Waals surface area contributed by atoms with E-state index in [1.54, 1.807) is 16.8 Å². The van der Waals surface area contributed by atoms with Crippen molar-refractivity contribution < 1.29 is 0 Å². The monoisotopic (exact) mass is 270 g/mol. The van der Waals surface area contributed by atoms with Gasteiger partial charge < -0.3 is 4.57 Å². The number of hydrogen-bond donors (Lipinski definition) is 0. The molecular formula is C15H11ClN2O. The van der Waals surface area contributed by atoms with Crippen molar-refractivity contribution in [2.75, 3.05) is 0 Å². The van der Waals surface area contributed by atoms with Crippen molar-refractivity contribution >= 4 is 22.5 Å². The van der Waals surface area contributed by atoms with Crippen molar-refractivity contribution in [1.82, 2.24) is 9.55 Å². The Morgan fingerprint density at radius 3 is 2.74 bits per heavy atom. The van der Waals surface area contributed by atoms with Gasteiger partial charge in [-0.15, -0.1) is 0 Å². The third-order valence-corrected chi connectivity index (χ3v) is 3.32. The van der Waals surface area contributed by atoms with Crippen LogP contribution in [-0.4, -0.2) is 9.55 Å². The van der Waals surface area contributed by atoms with Crippen LogP contribution in [0.4, 0.5) is 0 Å². The Balaban J connectivity index is 2.08. The van der Waals surface area contributed by atoms with E-state index in [0.29, 0.717) is 11.7 Å². The summed E-state index contributed by atoms with van der Waals surface area (Å²) in [6.07, 6.45) is 1.74. The number of para-hydroxylation sites is 1. The molecule has 3 rings (SSSR count). The second-order valence-electron chi connectivity index (χ2n) is 4.30. The van der Waals surface area contributed by atoms with Crippen LogP contribution >= 0.6 is 11.6 Å². The van der Waals surface area contributed by atoms with E-state index in [1.165, 1.54) is 6.07 Å². The Hall–Kier alpha value is -2.13. The molecule has 2 aromatic heterocycles. The zero-order valence-corrected chi connectivity index (χ0v) is 10.8. The third kappa shape index (κ3) is 2.37. The molecular weight excluding hydrogens is 260 g/mol. The van der Waals surface area contributed by atoms with Crippen molar-refractivity contribution in [3.05, 3.63) is 75.8 Å². The van der Waals surface area contributed by atoms with E-state index in [9.17, 15) is 4.79 Å². The first-order valence-electron chi connectivity index (χ1n) is 5.94. The molecule has 0 amide bonds. The first-order chi connectivity index (χ1) is 9.24. The Bertz CT molecular complexity index is 795. The van der Waals surface area contributed by atoms with Gasteiger partial charge >= 0.3 is 0 Å². The predicted molar refractivity (Wildman–Crippen MR) is 76.6 cm³/mol. The SMILES string of the molecule is O=c1ccccn1Cc1cc2ccccc2nc1Cl. The van der Waals surface area contributed by atoms with Gasteiger partial charge in [-0.05, 0) is 18.2 Å². The van der Waals surface area contributed by atoms with Crippen LogP contribution in [0.1, 0.15) is 5.56 Å². The van der Waals surface area contributed by atoms with Crippen LogP contribution in [0.15, 0.2) is 59.5 Å². The average Bonchev–Trinajstić information content (AvgIpc) is 2.42. The molecule has 4 heteroatoms. The summed E-state index contributed by atoms with van der Waals surface area (Å²) in [7, 11) is 0. The van der Waals surface area contributed by atoms with Crippen LogP contribution in [-0.2, 0) is 6.54 Å². The number of aromatic nitrogens is 2. The summed E-state index contributed by atoms with van der Waals surface area (Å²) >= 11 is 6.18. The lowest BCUT2D eigenvalue weighted by molar-refractivity contribution is 0.758. The lowest BCUT2D eigenvalue weighted by atomic mass is 10.1. The second-order valence-corrected chi connectivity index (χ2v) is 4.66. The molecule has 0 aliphatic heterocycles. The van der Waals surface area contributed by atoms with Crippen molar-refractivity contribution in [3.8, 4) is 0 Å². The molecule has 3 aromatic rings. The molecule has 0 unspecified atom stereocenters. The summed E-state index contributed by atoms with van der Waals surface area (Å²) in [6, 6.07) is 14.8. The van der Waals surface area contributed by atoms with E-state index in [4.69, 9.17) is 11.6 Å². The summed E-state index contributed by atoms with van der Waals surface area (Å²) in [5.74, 6) is 0. The summed E-state index contributed by atoms with van der Waals surface area (Å²) in [6.45, 7) is 0.427. The summed E-state index contributed by atoms with van der Waals surface area (Å²) in [5, 5.41) is 1.46. The molecule has 0 bridgehead atoms. The van der Waals surface area contributed by atoms with Gasteiger partial charge in [-0.25, -0.2) is 4.98 Å². The number of rotatable bonds is 2.